The van der Waals surface area contributed by atoms with Crippen molar-refractivity contribution >= 4 is 35.3 Å². The Morgan fingerprint density at radius 2 is 1.52 bits per heavy atom. The van der Waals surface area contributed by atoms with E-state index in [0.717, 1.165) is 5.56 Å². The molecule has 0 spiro atoms. The van der Waals surface area contributed by atoms with Crippen LogP contribution >= 0.6 is 11.8 Å². The van der Waals surface area contributed by atoms with Gasteiger partial charge >= 0.3 is 11.9 Å². The van der Waals surface area contributed by atoms with Crippen LogP contribution in [0.3, 0.4) is 0 Å². The summed E-state index contributed by atoms with van der Waals surface area (Å²) in [5.74, 6) is -0.746. The number of amides is 1. The largest absolute Gasteiger partial charge is 0.465 e. The maximum absolute atomic E-state index is 12.5. The lowest BCUT2D eigenvalue weighted by atomic mass is 10.1. The lowest BCUT2D eigenvalue weighted by molar-refractivity contribution is -0.115. The van der Waals surface area contributed by atoms with Gasteiger partial charge in [-0.2, -0.15) is 0 Å². The number of methoxy groups -OCH3 is 2. The highest BCUT2D eigenvalue weighted by atomic mass is 32.2. The Morgan fingerprint density at radius 1 is 0.963 bits per heavy atom. The minimum atomic E-state index is -0.609. The molecule has 27 heavy (non-hydrogen) atoms. The molecule has 0 unspecified atom stereocenters. The number of nitrogens with one attached hydrogen (secondary N) is 1. The first-order valence-electron chi connectivity index (χ1n) is 8.22. The van der Waals surface area contributed by atoms with E-state index in [-0.39, 0.29) is 22.3 Å². The maximum atomic E-state index is 12.5. The van der Waals surface area contributed by atoms with Gasteiger partial charge < -0.3 is 14.8 Å². The van der Waals surface area contributed by atoms with Crippen LogP contribution in [-0.2, 0) is 20.0 Å². The molecule has 6 nitrogen and oxygen atoms in total. The fraction of sp³-hybridized carbons (Fsp3) is 0.250. The molecule has 0 aliphatic carbocycles. The van der Waals surface area contributed by atoms with Gasteiger partial charge in [0.05, 0.1) is 30.6 Å². The SMILES string of the molecule is COC(=O)c1cc(NC(=O)[C@@H](C)SCc2ccccc2)cc(C(=O)OC)c1. The molecular formula is C20H21NO5S. The van der Waals surface area contributed by atoms with Crippen LogP contribution in [0.25, 0.3) is 0 Å². The molecule has 0 heterocycles. The number of hydrogen-bond acceptors (Lipinski definition) is 6. The van der Waals surface area contributed by atoms with Gasteiger partial charge in [0, 0.05) is 11.4 Å². The van der Waals surface area contributed by atoms with Crippen LogP contribution in [0.15, 0.2) is 48.5 Å². The number of rotatable bonds is 7. The number of thioether (sulfide) groups is 1. The highest BCUT2D eigenvalue weighted by Gasteiger charge is 2.18. The number of anilines is 1. The van der Waals surface area contributed by atoms with Crippen molar-refractivity contribution in [3.8, 4) is 0 Å². The molecule has 142 valence electrons. The van der Waals surface area contributed by atoms with Gasteiger partial charge in [-0.1, -0.05) is 30.3 Å². The summed E-state index contributed by atoms with van der Waals surface area (Å²) in [6.07, 6.45) is 0. The summed E-state index contributed by atoms with van der Waals surface area (Å²) in [7, 11) is 2.49. The lowest BCUT2D eigenvalue weighted by Gasteiger charge is -2.13. The van der Waals surface area contributed by atoms with Crippen molar-refractivity contribution in [2.75, 3.05) is 19.5 Å². The summed E-state index contributed by atoms with van der Waals surface area (Å²) in [6.45, 7) is 1.80. The first kappa shape index (κ1) is 20.5. The van der Waals surface area contributed by atoms with Crippen molar-refractivity contribution in [2.24, 2.45) is 0 Å². The molecule has 0 radical (unpaired) electrons. The van der Waals surface area contributed by atoms with Crippen LogP contribution in [0, 0.1) is 0 Å². The number of ether oxygens (including phenoxy) is 2. The van der Waals surface area contributed by atoms with Gasteiger partial charge in [0.15, 0.2) is 0 Å². The Kier molecular flexibility index (Phi) is 7.43. The van der Waals surface area contributed by atoms with Crippen molar-refractivity contribution in [3.05, 3.63) is 65.2 Å². The molecule has 0 aliphatic heterocycles. The third-order valence-corrected chi connectivity index (χ3v) is 4.97. The molecule has 0 aromatic heterocycles. The molecule has 0 saturated carbocycles. The van der Waals surface area contributed by atoms with E-state index >= 15 is 0 Å². The van der Waals surface area contributed by atoms with E-state index in [4.69, 9.17) is 9.47 Å². The van der Waals surface area contributed by atoms with Gasteiger partial charge in [-0.25, -0.2) is 9.59 Å². The van der Waals surface area contributed by atoms with Crippen LogP contribution in [0.5, 0.6) is 0 Å². The van der Waals surface area contributed by atoms with E-state index in [2.05, 4.69) is 5.32 Å². The Labute approximate surface area is 162 Å². The van der Waals surface area contributed by atoms with Crippen molar-refractivity contribution in [1.82, 2.24) is 0 Å². The summed E-state index contributed by atoms with van der Waals surface area (Å²) in [5.41, 5.74) is 1.76. The number of benzene rings is 2. The molecular weight excluding hydrogens is 366 g/mol. The smallest absolute Gasteiger partial charge is 0.337 e. The topological polar surface area (TPSA) is 81.7 Å². The van der Waals surface area contributed by atoms with Gasteiger partial charge in [-0.15, -0.1) is 11.8 Å². The van der Waals surface area contributed by atoms with E-state index in [1.54, 1.807) is 6.92 Å². The standard InChI is InChI=1S/C20H21NO5S/c1-13(27-12-14-7-5-4-6-8-14)18(22)21-17-10-15(19(23)25-2)9-16(11-17)20(24)26-3/h4-11,13H,12H2,1-3H3,(H,21,22)/t13-/m1/s1. The van der Waals surface area contributed by atoms with E-state index < -0.39 is 11.9 Å². The van der Waals surface area contributed by atoms with Gasteiger partial charge in [0.2, 0.25) is 5.91 Å². The fourth-order valence-corrected chi connectivity index (χ4v) is 3.13. The number of carbonyl (C=O) groups excluding carboxylic acids is 3. The Balaban J connectivity index is 2.10. The summed E-state index contributed by atoms with van der Waals surface area (Å²) >= 11 is 1.49. The molecule has 0 bridgehead atoms. The van der Waals surface area contributed by atoms with E-state index in [0.29, 0.717) is 11.4 Å². The van der Waals surface area contributed by atoms with E-state index in [9.17, 15) is 14.4 Å². The molecule has 0 fully saturated rings. The fourth-order valence-electron chi connectivity index (χ4n) is 2.29. The molecule has 1 atom stereocenters. The molecule has 2 aromatic rings. The monoisotopic (exact) mass is 387 g/mol. The van der Waals surface area contributed by atoms with Crippen molar-refractivity contribution in [2.45, 2.75) is 17.9 Å². The molecule has 0 aliphatic rings. The van der Waals surface area contributed by atoms with Crippen LogP contribution in [0.4, 0.5) is 5.69 Å². The first-order valence-corrected chi connectivity index (χ1v) is 9.27. The second kappa shape index (κ2) is 9.78. The zero-order valence-corrected chi connectivity index (χ0v) is 16.2. The van der Waals surface area contributed by atoms with E-state index in [1.807, 2.05) is 30.3 Å². The zero-order valence-electron chi connectivity index (χ0n) is 15.4. The summed E-state index contributed by atoms with van der Waals surface area (Å²) in [4.78, 5) is 36.1. The predicted molar refractivity (Wildman–Crippen MR) is 105 cm³/mol. The van der Waals surface area contributed by atoms with Gasteiger partial charge in [0.1, 0.15) is 0 Å². The molecule has 7 heteroatoms. The van der Waals surface area contributed by atoms with Gasteiger partial charge in [-0.05, 0) is 30.7 Å². The second-order valence-corrected chi connectivity index (χ2v) is 7.04. The normalized spacial score (nSPS) is 11.4. The molecule has 1 amide bonds. The Bertz CT molecular complexity index is 788. The Morgan fingerprint density at radius 3 is 2.04 bits per heavy atom. The van der Waals surface area contributed by atoms with Crippen molar-refractivity contribution < 1.29 is 23.9 Å². The lowest BCUT2D eigenvalue weighted by Crippen LogP contribution is -2.23. The minimum Gasteiger partial charge on any atom is -0.465 e. The van der Waals surface area contributed by atoms with Crippen LogP contribution < -0.4 is 5.32 Å². The molecule has 0 saturated heterocycles. The average Bonchev–Trinajstić information content (AvgIpc) is 2.71. The van der Waals surface area contributed by atoms with Crippen LogP contribution in [-0.4, -0.2) is 37.3 Å². The quantitative estimate of drug-likeness (QED) is 0.732. The van der Waals surface area contributed by atoms with Crippen LogP contribution in [0.2, 0.25) is 0 Å². The third kappa shape index (κ3) is 5.86. The summed E-state index contributed by atoms with van der Waals surface area (Å²) < 4.78 is 9.38. The number of hydrogen-bond donors (Lipinski definition) is 1. The van der Waals surface area contributed by atoms with Gasteiger partial charge in [0.25, 0.3) is 0 Å². The number of esters is 2. The van der Waals surface area contributed by atoms with E-state index in [1.165, 1.54) is 44.2 Å². The molecule has 2 rings (SSSR count). The van der Waals surface area contributed by atoms with Crippen LogP contribution in [0.1, 0.15) is 33.2 Å². The van der Waals surface area contributed by atoms with Crippen molar-refractivity contribution in [1.29, 1.82) is 0 Å². The molecule has 1 N–H and O–H groups in total. The zero-order chi connectivity index (χ0) is 19.8. The Hall–Kier alpha value is -2.80. The first-order chi connectivity index (χ1) is 12.9. The second-order valence-electron chi connectivity index (χ2n) is 5.71. The maximum Gasteiger partial charge on any atom is 0.337 e. The highest BCUT2D eigenvalue weighted by molar-refractivity contribution is 7.99. The van der Waals surface area contributed by atoms with Crippen molar-refractivity contribution in [3.63, 3.8) is 0 Å². The number of carbonyl (C=O) groups is 3. The summed E-state index contributed by atoms with van der Waals surface area (Å²) in [6, 6.07) is 14.1. The van der Waals surface area contributed by atoms with Gasteiger partial charge in [-0.3, -0.25) is 4.79 Å². The predicted octanol–water partition coefficient (Wildman–Crippen LogP) is 3.52. The molecule has 2 aromatic carbocycles. The minimum absolute atomic E-state index is 0.153. The summed E-state index contributed by atoms with van der Waals surface area (Å²) in [5, 5.41) is 2.42. The average molecular weight is 387 g/mol. The third-order valence-electron chi connectivity index (χ3n) is 3.75. The highest BCUT2D eigenvalue weighted by Crippen LogP contribution is 2.21.